The van der Waals surface area contributed by atoms with E-state index in [9.17, 15) is 9.59 Å². The Hall–Kier alpha value is -1.90. The molecule has 0 saturated carbocycles. The summed E-state index contributed by atoms with van der Waals surface area (Å²) in [4.78, 5) is 24.1. The highest BCUT2D eigenvalue weighted by molar-refractivity contribution is 7.98. The van der Waals surface area contributed by atoms with Gasteiger partial charge in [0.25, 0.3) is 5.91 Å². The van der Waals surface area contributed by atoms with Crippen molar-refractivity contribution in [3.63, 3.8) is 0 Å². The molecule has 1 atom stereocenters. The highest BCUT2D eigenvalue weighted by Gasteiger charge is 2.20. The Balaban J connectivity index is 2.14. The largest absolute Gasteiger partial charge is 0.380 e. The monoisotopic (exact) mass is 406 g/mol. The Morgan fingerprint density at radius 1 is 1.39 bits per heavy atom. The number of rotatable bonds is 13. The van der Waals surface area contributed by atoms with Crippen LogP contribution in [0, 0.1) is 6.92 Å². The Kier molecular flexibility index (Phi) is 9.46. The number of nitrogens with one attached hydrogen (secondary N) is 2. The normalized spacial score (nSPS) is 12.2. The van der Waals surface area contributed by atoms with Gasteiger partial charge < -0.3 is 20.2 Å². The second-order valence-corrected chi connectivity index (χ2v) is 7.47. The fraction of sp³-hybridized carbons (Fsp3) is 0.550. The fourth-order valence-electron chi connectivity index (χ4n) is 3.00. The summed E-state index contributed by atoms with van der Waals surface area (Å²) in [5.74, 6) is 0.502. The lowest BCUT2D eigenvalue weighted by atomic mass is 10.1. The zero-order valence-electron chi connectivity index (χ0n) is 16.9. The van der Waals surface area contributed by atoms with Crippen molar-refractivity contribution in [1.82, 2.24) is 20.4 Å². The van der Waals surface area contributed by atoms with Crippen LogP contribution in [0.5, 0.6) is 0 Å². The number of thioether (sulfide) groups is 1. The molecule has 2 aromatic rings. The van der Waals surface area contributed by atoms with E-state index in [1.807, 2.05) is 43.0 Å². The van der Waals surface area contributed by atoms with Crippen LogP contribution >= 0.6 is 11.8 Å². The first-order chi connectivity index (χ1) is 13.6. The molecule has 8 heteroatoms. The average Bonchev–Trinajstić information content (AvgIpc) is 3.08. The number of nitrogens with zero attached hydrogens (tertiary/aromatic N) is 2. The summed E-state index contributed by atoms with van der Waals surface area (Å²) in [5.41, 5.74) is 2.38. The lowest BCUT2D eigenvalue weighted by Gasteiger charge is -2.11. The van der Waals surface area contributed by atoms with Crippen LogP contribution in [0.3, 0.4) is 0 Å². The quantitative estimate of drug-likeness (QED) is 0.391. The predicted molar refractivity (Wildman–Crippen MR) is 114 cm³/mol. The summed E-state index contributed by atoms with van der Waals surface area (Å²) in [7, 11) is 0. The Morgan fingerprint density at radius 2 is 2.21 bits per heavy atom. The van der Waals surface area contributed by atoms with E-state index in [4.69, 9.17) is 4.74 Å². The summed E-state index contributed by atoms with van der Waals surface area (Å²) >= 11 is 1.65. The molecule has 1 heterocycles. The van der Waals surface area contributed by atoms with Gasteiger partial charge in [-0.3, -0.25) is 9.48 Å². The third kappa shape index (κ3) is 6.05. The number of hydrogen-bond donors (Lipinski definition) is 2. The molecule has 2 N–H and O–H groups in total. The molecule has 1 aromatic heterocycles. The molecule has 1 amide bonds. The van der Waals surface area contributed by atoms with Gasteiger partial charge in [0.15, 0.2) is 5.69 Å². The Morgan fingerprint density at radius 3 is 2.93 bits per heavy atom. The highest BCUT2D eigenvalue weighted by Crippen LogP contribution is 2.22. The molecule has 0 saturated heterocycles. The fourth-order valence-corrected chi connectivity index (χ4v) is 3.49. The van der Waals surface area contributed by atoms with E-state index in [1.54, 1.807) is 11.8 Å². The van der Waals surface area contributed by atoms with Gasteiger partial charge in [0.1, 0.15) is 6.29 Å². The molecule has 0 aliphatic heterocycles. The topological polar surface area (TPSA) is 85.2 Å². The molecule has 0 aliphatic rings. The first-order valence-electron chi connectivity index (χ1n) is 9.62. The van der Waals surface area contributed by atoms with E-state index in [0.717, 1.165) is 41.6 Å². The molecule has 0 bridgehead atoms. The van der Waals surface area contributed by atoms with Crippen molar-refractivity contribution in [2.45, 2.75) is 32.9 Å². The highest BCUT2D eigenvalue weighted by atomic mass is 32.2. The third-order valence-corrected chi connectivity index (χ3v) is 5.07. The second kappa shape index (κ2) is 11.8. The minimum atomic E-state index is -0.495. The van der Waals surface area contributed by atoms with Gasteiger partial charge in [-0.2, -0.15) is 16.9 Å². The van der Waals surface area contributed by atoms with Gasteiger partial charge in [0.05, 0.1) is 24.7 Å². The summed E-state index contributed by atoms with van der Waals surface area (Å²) in [6.07, 6.45) is 3.38. The number of aromatic nitrogens is 2. The lowest BCUT2D eigenvalue weighted by molar-refractivity contribution is -0.109. The van der Waals surface area contributed by atoms with Crippen molar-refractivity contribution in [3.8, 4) is 0 Å². The number of aldehydes is 1. The molecule has 1 unspecified atom stereocenters. The van der Waals surface area contributed by atoms with Crippen molar-refractivity contribution in [1.29, 1.82) is 0 Å². The average molecular weight is 407 g/mol. The number of ether oxygens (including phenoxy) is 1. The molecule has 2 rings (SSSR count). The predicted octanol–water partition coefficient (Wildman–Crippen LogP) is 2.02. The van der Waals surface area contributed by atoms with Gasteiger partial charge in [-0.15, -0.1) is 0 Å². The minimum Gasteiger partial charge on any atom is -0.380 e. The molecule has 0 aliphatic carbocycles. The molecular weight excluding hydrogens is 376 g/mol. The summed E-state index contributed by atoms with van der Waals surface area (Å²) in [5, 5.41) is 11.5. The van der Waals surface area contributed by atoms with Gasteiger partial charge in [-0.1, -0.05) is 18.2 Å². The molecule has 0 radical (unpaired) electrons. The number of para-hydroxylation sites is 1. The Labute approximate surface area is 170 Å². The van der Waals surface area contributed by atoms with Crippen molar-refractivity contribution in [3.05, 3.63) is 29.5 Å². The van der Waals surface area contributed by atoms with Crippen LogP contribution in [0.4, 0.5) is 0 Å². The molecule has 154 valence electrons. The van der Waals surface area contributed by atoms with E-state index < -0.39 is 6.04 Å². The zero-order valence-corrected chi connectivity index (χ0v) is 17.7. The zero-order chi connectivity index (χ0) is 20.4. The number of amides is 1. The first-order valence-corrected chi connectivity index (χ1v) is 11.0. The van der Waals surface area contributed by atoms with Gasteiger partial charge in [-0.05, 0) is 37.8 Å². The first kappa shape index (κ1) is 22.4. The molecule has 1 aromatic carbocycles. The van der Waals surface area contributed by atoms with Crippen molar-refractivity contribution in [2.75, 3.05) is 38.3 Å². The van der Waals surface area contributed by atoms with Crippen molar-refractivity contribution in [2.24, 2.45) is 0 Å². The van der Waals surface area contributed by atoms with Gasteiger partial charge >= 0.3 is 0 Å². The number of hydrogen-bond acceptors (Lipinski definition) is 6. The van der Waals surface area contributed by atoms with Crippen molar-refractivity contribution >= 4 is 34.9 Å². The number of aryl methyl sites for hydroxylation is 1. The molecular formula is C20H30N4O3S. The van der Waals surface area contributed by atoms with Gasteiger partial charge in [-0.25, -0.2) is 0 Å². The molecule has 0 spiro atoms. The van der Waals surface area contributed by atoms with Crippen LogP contribution in [0.1, 0.15) is 29.4 Å². The molecule has 0 fully saturated rings. The maximum atomic E-state index is 12.8. The summed E-state index contributed by atoms with van der Waals surface area (Å²) < 4.78 is 7.18. The van der Waals surface area contributed by atoms with E-state index in [2.05, 4.69) is 15.7 Å². The van der Waals surface area contributed by atoms with Gasteiger partial charge in [0, 0.05) is 25.1 Å². The van der Waals surface area contributed by atoms with E-state index >= 15 is 0 Å². The summed E-state index contributed by atoms with van der Waals surface area (Å²) in [6, 6.07) is 5.34. The standard InChI is InChI=1S/C20H30N4O3S/c1-4-27-12-10-21-9-11-24-19-15(2)6-5-7-17(19)18(23-24)20(26)22-16(14-25)8-13-28-3/h5-7,14,16,21H,4,8-13H2,1-3H3,(H,22,26). The third-order valence-electron chi connectivity index (χ3n) is 4.43. The maximum absolute atomic E-state index is 12.8. The molecule has 28 heavy (non-hydrogen) atoms. The van der Waals surface area contributed by atoms with Crippen LogP contribution < -0.4 is 10.6 Å². The number of carbonyl (C=O) groups excluding carboxylic acids is 2. The SMILES string of the molecule is CCOCCNCCn1nc(C(=O)NC(C=O)CCSC)c2cccc(C)c21. The maximum Gasteiger partial charge on any atom is 0.273 e. The number of benzene rings is 1. The van der Waals surface area contributed by atoms with Crippen molar-refractivity contribution < 1.29 is 14.3 Å². The van der Waals surface area contributed by atoms with Crippen LogP contribution in [-0.2, 0) is 16.1 Å². The van der Waals surface area contributed by atoms with Crippen LogP contribution in [-0.4, -0.2) is 66.3 Å². The van der Waals surface area contributed by atoms with Crippen LogP contribution in [0.25, 0.3) is 10.9 Å². The van der Waals surface area contributed by atoms with E-state index in [0.29, 0.717) is 31.9 Å². The van der Waals surface area contributed by atoms with E-state index in [-0.39, 0.29) is 5.91 Å². The summed E-state index contributed by atoms with van der Waals surface area (Å²) in [6.45, 7) is 7.51. The number of fused-ring (bicyclic) bond motifs is 1. The van der Waals surface area contributed by atoms with Crippen LogP contribution in [0.2, 0.25) is 0 Å². The minimum absolute atomic E-state index is 0.308. The smallest absolute Gasteiger partial charge is 0.273 e. The number of carbonyl (C=O) groups is 2. The van der Waals surface area contributed by atoms with E-state index in [1.165, 1.54) is 0 Å². The van der Waals surface area contributed by atoms with Gasteiger partial charge in [0.2, 0.25) is 0 Å². The molecule has 7 nitrogen and oxygen atoms in total. The Bertz CT molecular complexity index is 778. The second-order valence-electron chi connectivity index (χ2n) is 6.49. The van der Waals surface area contributed by atoms with Crippen LogP contribution in [0.15, 0.2) is 18.2 Å². The lowest BCUT2D eigenvalue weighted by Crippen LogP contribution is -2.36.